The average Bonchev–Trinajstić information content (AvgIpc) is 2.00. The number of benzene rings is 1. The van der Waals surface area contributed by atoms with Gasteiger partial charge in [0.15, 0.2) is 0 Å². The van der Waals surface area contributed by atoms with Gasteiger partial charge in [-0.05, 0) is 19.1 Å². The Bertz CT molecular complexity index is 336. The number of hydrogen-bond acceptors (Lipinski definition) is 2. The van der Waals surface area contributed by atoms with Gasteiger partial charge in [0, 0.05) is 11.3 Å². The molecule has 4 heteroatoms. The molecule has 1 amide bonds. The first kappa shape index (κ1) is 8.52. The number of anilines is 1. The van der Waals surface area contributed by atoms with Crippen molar-refractivity contribution in [2.45, 2.75) is 6.92 Å². The lowest BCUT2D eigenvalue weighted by Crippen LogP contribution is -2.14. The molecule has 0 saturated heterocycles. The Kier molecular flexibility index (Phi) is 1.99. The Morgan fingerprint density at radius 1 is 1.50 bits per heavy atom. The Morgan fingerprint density at radius 2 is 2.08 bits per heavy atom. The molecule has 1 aromatic rings. The molecule has 0 spiro atoms. The summed E-state index contributed by atoms with van der Waals surface area (Å²) in [5.74, 6) is -1.42. The molecule has 0 radical (unpaired) electrons. The molecule has 64 valence electrons. The standard InChI is InChI=1S/C8H9FN2O/c1-4-6(10)3-2-5(7(4)9)8(11)12/h2-3H,10H2,1H3,(H2,11,12). The molecule has 0 aliphatic rings. The summed E-state index contributed by atoms with van der Waals surface area (Å²) in [6.07, 6.45) is 0. The molecular weight excluding hydrogens is 159 g/mol. The van der Waals surface area contributed by atoms with E-state index in [0.717, 1.165) is 0 Å². The molecule has 0 atom stereocenters. The van der Waals surface area contributed by atoms with Crippen LogP contribution in [0.5, 0.6) is 0 Å². The van der Waals surface area contributed by atoms with Gasteiger partial charge in [-0.3, -0.25) is 4.79 Å². The van der Waals surface area contributed by atoms with Gasteiger partial charge < -0.3 is 11.5 Å². The third kappa shape index (κ3) is 1.23. The highest BCUT2D eigenvalue weighted by atomic mass is 19.1. The second-order valence-corrected chi connectivity index (χ2v) is 2.51. The van der Waals surface area contributed by atoms with Crippen LogP contribution in [-0.4, -0.2) is 5.91 Å². The number of rotatable bonds is 1. The topological polar surface area (TPSA) is 69.1 Å². The van der Waals surface area contributed by atoms with E-state index in [9.17, 15) is 9.18 Å². The summed E-state index contributed by atoms with van der Waals surface area (Å²) in [6.45, 7) is 1.50. The van der Waals surface area contributed by atoms with E-state index in [-0.39, 0.29) is 11.1 Å². The fourth-order valence-corrected chi connectivity index (χ4v) is 0.890. The van der Waals surface area contributed by atoms with Crippen molar-refractivity contribution >= 4 is 11.6 Å². The van der Waals surface area contributed by atoms with Gasteiger partial charge in [-0.25, -0.2) is 4.39 Å². The predicted octanol–water partition coefficient (Wildman–Crippen LogP) is 0.815. The van der Waals surface area contributed by atoms with Gasteiger partial charge in [0.1, 0.15) is 5.82 Å². The maximum Gasteiger partial charge on any atom is 0.251 e. The molecule has 0 heterocycles. The molecule has 1 aromatic carbocycles. The summed E-state index contributed by atoms with van der Waals surface area (Å²) >= 11 is 0. The van der Waals surface area contributed by atoms with E-state index in [0.29, 0.717) is 5.69 Å². The van der Waals surface area contributed by atoms with Crippen LogP contribution in [0.1, 0.15) is 15.9 Å². The molecule has 0 aromatic heterocycles. The Morgan fingerprint density at radius 3 is 2.58 bits per heavy atom. The minimum atomic E-state index is -0.782. The maximum absolute atomic E-state index is 13.1. The van der Waals surface area contributed by atoms with Crippen molar-refractivity contribution in [1.29, 1.82) is 0 Å². The fourth-order valence-electron chi connectivity index (χ4n) is 0.890. The summed E-state index contributed by atoms with van der Waals surface area (Å²) in [4.78, 5) is 10.6. The molecule has 1 rings (SSSR count). The van der Waals surface area contributed by atoms with Gasteiger partial charge in [0.05, 0.1) is 5.56 Å². The van der Waals surface area contributed by atoms with Crippen molar-refractivity contribution in [3.63, 3.8) is 0 Å². The largest absolute Gasteiger partial charge is 0.398 e. The number of nitrogens with two attached hydrogens (primary N) is 2. The quantitative estimate of drug-likeness (QED) is 0.609. The molecule has 0 saturated carbocycles. The number of nitrogen functional groups attached to an aromatic ring is 1. The van der Waals surface area contributed by atoms with E-state index >= 15 is 0 Å². The van der Waals surface area contributed by atoms with Crippen LogP contribution in [0.2, 0.25) is 0 Å². The molecule has 3 nitrogen and oxygen atoms in total. The number of halogens is 1. The highest BCUT2D eigenvalue weighted by Gasteiger charge is 2.11. The van der Waals surface area contributed by atoms with Gasteiger partial charge in [0.25, 0.3) is 5.91 Å². The molecule has 0 aliphatic heterocycles. The number of primary amides is 1. The lowest BCUT2D eigenvalue weighted by molar-refractivity contribution is 0.0996. The van der Waals surface area contributed by atoms with Crippen LogP contribution in [0.3, 0.4) is 0 Å². The van der Waals surface area contributed by atoms with Crippen LogP contribution >= 0.6 is 0 Å². The van der Waals surface area contributed by atoms with Gasteiger partial charge in [0.2, 0.25) is 0 Å². The number of carbonyl (C=O) groups excluding carboxylic acids is 1. The summed E-state index contributed by atoms with van der Waals surface area (Å²) < 4.78 is 13.1. The van der Waals surface area contributed by atoms with Crippen molar-refractivity contribution < 1.29 is 9.18 Å². The Labute approximate surface area is 69.2 Å². The van der Waals surface area contributed by atoms with Crippen molar-refractivity contribution in [2.24, 2.45) is 5.73 Å². The van der Waals surface area contributed by atoms with Crippen LogP contribution in [-0.2, 0) is 0 Å². The average molecular weight is 168 g/mol. The second-order valence-electron chi connectivity index (χ2n) is 2.51. The van der Waals surface area contributed by atoms with Crippen LogP contribution < -0.4 is 11.5 Å². The summed E-state index contributed by atoms with van der Waals surface area (Å²) in [6, 6.07) is 2.73. The minimum Gasteiger partial charge on any atom is -0.398 e. The van der Waals surface area contributed by atoms with Crippen molar-refractivity contribution in [3.05, 3.63) is 29.1 Å². The summed E-state index contributed by atoms with van der Waals surface area (Å²) in [7, 11) is 0. The molecule has 12 heavy (non-hydrogen) atoms. The molecular formula is C8H9FN2O. The third-order valence-corrected chi connectivity index (χ3v) is 1.69. The SMILES string of the molecule is Cc1c(N)ccc(C(N)=O)c1F. The van der Waals surface area contributed by atoms with E-state index in [4.69, 9.17) is 11.5 Å². The maximum atomic E-state index is 13.1. The van der Waals surface area contributed by atoms with Crippen LogP contribution in [0.15, 0.2) is 12.1 Å². The molecule has 0 aliphatic carbocycles. The molecule has 0 bridgehead atoms. The van der Waals surface area contributed by atoms with Crippen LogP contribution in [0, 0.1) is 12.7 Å². The van der Waals surface area contributed by atoms with Gasteiger partial charge >= 0.3 is 0 Å². The van der Waals surface area contributed by atoms with E-state index in [1.807, 2.05) is 0 Å². The number of hydrogen-bond donors (Lipinski definition) is 2. The van der Waals surface area contributed by atoms with Gasteiger partial charge in [-0.2, -0.15) is 0 Å². The van der Waals surface area contributed by atoms with Crippen molar-refractivity contribution in [3.8, 4) is 0 Å². The lowest BCUT2D eigenvalue weighted by Gasteiger charge is -2.03. The zero-order valence-corrected chi connectivity index (χ0v) is 6.60. The van der Waals surface area contributed by atoms with Gasteiger partial charge in [-0.15, -0.1) is 0 Å². The smallest absolute Gasteiger partial charge is 0.251 e. The van der Waals surface area contributed by atoms with E-state index in [1.54, 1.807) is 0 Å². The Hall–Kier alpha value is -1.58. The van der Waals surface area contributed by atoms with Crippen LogP contribution in [0.4, 0.5) is 10.1 Å². The first-order chi connectivity index (χ1) is 5.54. The monoisotopic (exact) mass is 168 g/mol. The summed E-state index contributed by atoms with van der Waals surface area (Å²) in [5, 5.41) is 0. The van der Waals surface area contributed by atoms with E-state index < -0.39 is 11.7 Å². The minimum absolute atomic E-state index is 0.123. The molecule has 4 N–H and O–H groups in total. The highest BCUT2D eigenvalue weighted by molar-refractivity contribution is 5.93. The lowest BCUT2D eigenvalue weighted by atomic mass is 10.1. The van der Waals surface area contributed by atoms with Crippen LogP contribution in [0.25, 0.3) is 0 Å². The summed E-state index contributed by atoms with van der Waals surface area (Å²) in [5.41, 5.74) is 10.8. The van der Waals surface area contributed by atoms with E-state index in [2.05, 4.69) is 0 Å². The highest BCUT2D eigenvalue weighted by Crippen LogP contribution is 2.17. The zero-order chi connectivity index (χ0) is 9.30. The molecule has 0 fully saturated rings. The number of amides is 1. The second kappa shape index (κ2) is 2.81. The number of carbonyl (C=O) groups is 1. The molecule has 0 unspecified atom stereocenters. The van der Waals surface area contributed by atoms with Crippen molar-refractivity contribution in [2.75, 3.05) is 5.73 Å². The van der Waals surface area contributed by atoms with Gasteiger partial charge in [-0.1, -0.05) is 0 Å². The third-order valence-electron chi connectivity index (χ3n) is 1.69. The first-order valence-corrected chi connectivity index (χ1v) is 3.38. The van der Waals surface area contributed by atoms with E-state index in [1.165, 1.54) is 19.1 Å². The van der Waals surface area contributed by atoms with Crippen molar-refractivity contribution in [1.82, 2.24) is 0 Å². The Balaban J connectivity index is 3.36. The zero-order valence-electron chi connectivity index (χ0n) is 6.60. The fraction of sp³-hybridized carbons (Fsp3) is 0.125. The normalized spacial score (nSPS) is 9.83. The predicted molar refractivity (Wildman–Crippen MR) is 44.1 cm³/mol. The first-order valence-electron chi connectivity index (χ1n) is 3.38.